The minimum atomic E-state index is -0.350. The van der Waals surface area contributed by atoms with Gasteiger partial charge in [-0.05, 0) is 62.1 Å². The van der Waals surface area contributed by atoms with Gasteiger partial charge in [0.15, 0.2) is 0 Å². The number of fused-ring (bicyclic) bond motifs is 3. The number of rotatable bonds is 2. The van der Waals surface area contributed by atoms with Gasteiger partial charge in [-0.3, -0.25) is 0 Å². The summed E-state index contributed by atoms with van der Waals surface area (Å²) in [6.45, 7) is 5.23. The number of aryl methyl sites for hydroxylation is 1. The van der Waals surface area contributed by atoms with E-state index in [0.29, 0.717) is 28.8 Å². The maximum absolute atomic E-state index is 12.8. The van der Waals surface area contributed by atoms with Crippen molar-refractivity contribution in [1.29, 1.82) is 0 Å². The van der Waals surface area contributed by atoms with E-state index >= 15 is 0 Å². The molecule has 2 fully saturated rings. The summed E-state index contributed by atoms with van der Waals surface area (Å²) in [6.07, 6.45) is 6.43. The quantitative estimate of drug-likeness (QED) is 0.521. The molecule has 4 aromatic rings. The highest BCUT2D eigenvalue weighted by Crippen LogP contribution is 2.31. The first-order chi connectivity index (χ1) is 14.6. The molecule has 0 bridgehead atoms. The Hall–Kier alpha value is -3.12. The number of benzene rings is 1. The molecular weight excluding hydrogens is 376 g/mol. The molecule has 0 aliphatic carbocycles. The van der Waals surface area contributed by atoms with Crippen molar-refractivity contribution in [1.82, 2.24) is 14.7 Å². The van der Waals surface area contributed by atoms with Gasteiger partial charge in [0.2, 0.25) is 0 Å². The van der Waals surface area contributed by atoms with E-state index in [1.807, 2.05) is 54.0 Å². The molecule has 2 atom stereocenters. The van der Waals surface area contributed by atoms with Crippen LogP contribution in [0.25, 0.3) is 27.9 Å². The number of hydrogen-bond acceptors (Lipinski definition) is 5. The lowest BCUT2D eigenvalue weighted by molar-refractivity contribution is 0.340. The fourth-order valence-electron chi connectivity index (χ4n) is 4.97. The predicted octanol–water partition coefficient (Wildman–Crippen LogP) is 3.60. The van der Waals surface area contributed by atoms with Gasteiger partial charge in [-0.15, -0.1) is 0 Å². The Morgan fingerprint density at radius 2 is 2.07 bits per heavy atom. The molecule has 0 radical (unpaired) electrons. The second-order valence-corrected chi connectivity index (χ2v) is 8.64. The number of pyridine rings is 1. The second kappa shape index (κ2) is 6.71. The van der Waals surface area contributed by atoms with Gasteiger partial charge in [0.1, 0.15) is 11.2 Å². The van der Waals surface area contributed by atoms with E-state index in [0.717, 1.165) is 41.9 Å². The molecule has 6 nitrogen and oxygen atoms in total. The first-order valence-electron chi connectivity index (χ1n) is 10.7. The van der Waals surface area contributed by atoms with Crippen LogP contribution < -0.4 is 15.8 Å². The number of nitrogens with one attached hydrogen (secondary N) is 1. The van der Waals surface area contributed by atoms with Gasteiger partial charge in [0.25, 0.3) is 0 Å². The van der Waals surface area contributed by atoms with E-state index < -0.39 is 0 Å². The van der Waals surface area contributed by atoms with Crippen LogP contribution in [0.2, 0.25) is 0 Å². The van der Waals surface area contributed by atoms with Crippen LogP contribution in [0.5, 0.6) is 0 Å². The van der Waals surface area contributed by atoms with Crippen molar-refractivity contribution in [3.8, 4) is 11.3 Å². The fourth-order valence-corrected chi connectivity index (χ4v) is 4.97. The van der Waals surface area contributed by atoms with Crippen molar-refractivity contribution in [3.05, 3.63) is 64.8 Å². The van der Waals surface area contributed by atoms with Crippen molar-refractivity contribution < 1.29 is 4.42 Å². The van der Waals surface area contributed by atoms with Crippen molar-refractivity contribution in [2.24, 2.45) is 5.92 Å². The molecule has 6 rings (SSSR count). The van der Waals surface area contributed by atoms with Crippen LogP contribution in [-0.4, -0.2) is 35.1 Å². The first kappa shape index (κ1) is 17.7. The van der Waals surface area contributed by atoms with Crippen LogP contribution in [-0.2, 0) is 0 Å². The summed E-state index contributed by atoms with van der Waals surface area (Å²) in [7, 11) is 0. The molecule has 5 heterocycles. The van der Waals surface area contributed by atoms with Crippen molar-refractivity contribution >= 4 is 22.3 Å². The van der Waals surface area contributed by atoms with E-state index in [1.54, 1.807) is 0 Å². The van der Waals surface area contributed by atoms with Gasteiger partial charge in [0.05, 0.1) is 11.3 Å². The molecule has 1 aromatic carbocycles. The maximum atomic E-state index is 12.8. The molecule has 0 spiro atoms. The lowest BCUT2D eigenvalue weighted by Gasteiger charge is -2.24. The first-order valence-corrected chi connectivity index (χ1v) is 10.7. The molecule has 0 saturated carbocycles. The van der Waals surface area contributed by atoms with Gasteiger partial charge >= 0.3 is 5.63 Å². The molecule has 1 N–H and O–H groups in total. The SMILES string of the molecule is Cc1ccc2nc(-c3cc4ccc(N5CC6CCCNC6C5)cc4oc3=O)cn2c1. The predicted molar refractivity (Wildman–Crippen MR) is 118 cm³/mol. The van der Waals surface area contributed by atoms with E-state index in [9.17, 15) is 4.79 Å². The summed E-state index contributed by atoms with van der Waals surface area (Å²) in [5.41, 5.74) is 4.48. The Bertz CT molecular complexity index is 1310. The Morgan fingerprint density at radius 3 is 2.97 bits per heavy atom. The standard InChI is InChI=1S/C24H24N4O2/c1-15-4-7-23-26-21(14-28(23)11-15)19-9-16-5-6-18(10-22(16)30-24(19)29)27-12-17-3-2-8-25-20(17)13-27/h4-7,9-11,14,17,20,25H,2-3,8,12-13H2,1H3. The normalized spacial score (nSPS) is 21.4. The molecule has 0 amide bonds. The Balaban J connectivity index is 1.36. The van der Waals surface area contributed by atoms with Crippen LogP contribution in [0.1, 0.15) is 18.4 Å². The molecule has 6 heteroatoms. The van der Waals surface area contributed by atoms with E-state index in [1.165, 1.54) is 12.8 Å². The molecule has 3 aromatic heterocycles. The highest BCUT2D eigenvalue weighted by atomic mass is 16.4. The molecule has 152 valence electrons. The van der Waals surface area contributed by atoms with Gasteiger partial charge < -0.3 is 19.0 Å². The summed E-state index contributed by atoms with van der Waals surface area (Å²) >= 11 is 0. The van der Waals surface area contributed by atoms with Gasteiger partial charge in [-0.1, -0.05) is 6.07 Å². The summed E-state index contributed by atoms with van der Waals surface area (Å²) < 4.78 is 7.68. The minimum Gasteiger partial charge on any atom is -0.422 e. The average molecular weight is 400 g/mol. The number of anilines is 1. The van der Waals surface area contributed by atoms with Crippen LogP contribution in [0, 0.1) is 12.8 Å². The van der Waals surface area contributed by atoms with E-state index in [2.05, 4.69) is 21.3 Å². The van der Waals surface area contributed by atoms with Crippen molar-refractivity contribution in [2.45, 2.75) is 25.8 Å². The fraction of sp³-hybridized carbons (Fsp3) is 0.333. The zero-order chi connectivity index (χ0) is 20.2. The Morgan fingerprint density at radius 1 is 1.13 bits per heavy atom. The lowest BCUT2D eigenvalue weighted by atomic mass is 9.94. The van der Waals surface area contributed by atoms with Crippen LogP contribution >= 0.6 is 0 Å². The summed E-state index contributed by atoms with van der Waals surface area (Å²) in [5.74, 6) is 0.711. The van der Waals surface area contributed by atoms with Gasteiger partial charge in [-0.2, -0.15) is 0 Å². The van der Waals surface area contributed by atoms with Crippen LogP contribution in [0.15, 0.2) is 58.0 Å². The highest BCUT2D eigenvalue weighted by Gasteiger charge is 2.34. The molecule has 2 aliphatic rings. The average Bonchev–Trinajstić information content (AvgIpc) is 3.36. The third kappa shape index (κ3) is 2.91. The van der Waals surface area contributed by atoms with Gasteiger partial charge in [0, 0.05) is 48.7 Å². The summed E-state index contributed by atoms with van der Waals surface area (Å²) in [4.78, 5) is 19.8. The van der Waals surface area contributed by atoms with E-state index in [4.69, 9.17) is 4.42 Å². The zero-order valence-corrected chi connectivity index (χ0v) is 17.0. The summed E-state index contributed by atoms with van der Waals surface area (Å²) in [5, 5.41) is 4.56. The monoisotopic (exact) mass is 400 g/mol. The Kier molecular flexibility index (Phi) is 3.96. The lowest BCUT2D eigenvalue weighted by Crippen LogP contribution is -2.40. The Labute approximate surface area is 174 Å². The van der Waals surface area contributed by atoms with Gasteiger partial charge in [-0.25, -0.2) is 9.78 Å². The number of aromatic nitrogens is 2. The zero-order valence-electron chi connectivity index (χ0n) is 17.0. The molecular formula is C24H24N4O2. The number of piperidine rings is 1. The second-order valence-electron chi connectivity index (χ2n) is 8.64. The van der Waals surface area contributed by atoms with Crippen LogP contribution in [0.3, 0.4) is 0 Å². The topological polar surface area (TPSA) is 62.8 Å². The molecule has 2 unspecified atom stereocenters. The smallest absolute Gasteiger partial charge is 0.345 e. The highest BCUT2D eigenvalue weighted by molar-refractivity contribution is 5.84. The maximum Gasteiger partial charge on any atom is 0.345 e. The van der Waals surface area contributed by atoms with Crippen LogP contribution in [0.4, 0.5) is 5.69 Å². The number of imidazole rings is 1. The third-order valence-electron chi connectivity index (χ3n) is 6.56. The number of nitrogens with zero attached hydrogens (tertiary/aromatic N) is 3. The largest absolute Gasteiger partial charge is 0.422 e. The van der Waals surface area contributed by atoms with E-state index in [-0.39, 0.29) is 5.63 Å². The molecule has 2 saturated heterocycles. The van der Waals surface area contributed by atoms with Crippen molar-refractivity contribution in [3.63, 3.8) is 0 Å². The third-order valence-corrected chi connectivity index (χ3v) is 6.56. The molecule has 30 heavy (non-hydrogen) atoms. The molecule has 2 aliphatic heterocycles. The minimum absolute atomic E-state index is 0.350. The van der Waals surface area contributed by atoms with Crippen molar-refractivity contribution in [2.75, 3.05) is 24.5 Å². The number of hydrogen-bond donors (Lipinski definition) is 1. The summed E-state index contributed by atoms with van der Waals surface area (Å²) in [6, 6.07) is 12.6.